The van der Waals surface area contributed by atoms with Crippen LogP contribution in [-0.4, -0.2) is 9.55 Å². The number of halogens is 1. The van der Waals surface area contributed by atoms with E-state index >= 15 is 0 Å². The summed E-state index contributed by atoms with van der Waals surface area (Å²) >= 11 is 5.91. The van der Waals surface area contributed by atoms with Gasteiger partial charge in [-0.15, -0.1) is 0 Å². The Balaban J connectivity index is 1.98. The summed E-state index contributed by atoms with van der Waals surface area (Å²) < 4.78 is 1.83. The summed E-state index contributed by atoms with van der Waals surface area (Å²) in [6, 6.07) is 9.92. The Hall–Kier alpha value is -1.99. The number of nitrogens with zero attached hydrogens (tertiary/aromatic N) is 3. The summed E-state index contributed by atoms with van der Waals surface area (Å²) in [6.07, 6.45) is 2.07. The van der Waals surface area contributed by atoms with Gasteiger partial charge in [0.05, 0.1) is 25.2 Å². The molecule has 0 aliphatic heterocycles. The smallest absolute Gasteiger partial charge is 0.128 e. The van der Waals surface area contributed by atoms with Gasteiger partial charge in [0.2, 0.25) is 0 Å². The van der Waals surface area contributed by atoms with Crippen LogP contribution in [0.15, 0.2) is 30.5 Å². The van der Waals surface area contributed by atoms with Gasteiger partial charge < -0.3 is 9.88 Å². The molecule has 92 valence electrons. The summed E-state index contributed by atoms with van der Waals surface area (Å²) in [6.45, 7) is 0.612. The van der Waals surface area contributed by atoms with E-state index in [4.69, 9.17) is 16.9 Å². The zero-order valence-corrected chi connectivity index (χ0v) is 10.8. The van der Waals surface area contributed by atoms with E-state index in [-0.39, 0.29) is 0 Å². The molecule has 2 aromatic rings. The van der Waals surface area contributed by atoms with Crippen LogP contribution in [-0.2, 0) is 20.0 Å². The number of hydrogen-bond acceptors (Lipinski definition) is 3. The molecule has 5 heteroatoms. The molecule has 1 aromatic carbocycles. The molecular weight excluding hydrogens is 248 g/mol. The number of anilines is 1. The molecule has 18 heavy (non-hydrogen) atoms. The highest BCUT2D eigenvalue weighted by Gasteiger charge is 2.03. The minimum Gasteiger partial charge on any atom is -0.378 e. The van der Waals surface area contributed by atoms with E-state index in [2.05, 4.69) is 16.4 Å². The van der Waals surface area contributed by atoms with Gasteiger partial charge in [0.25, 0.3) is 0 Å². The van der Waals surface area contributed by atoms with E-state index in [1.807, 2.05) is 35.9 Å². The fourth-order valence-corrected chi connectivity index (χ4v) is 1.75. The predicted molar refractivity (Wildman–Crippen MR) is 71.3 cm³/mol. The van der Waals surface area contributed by atoms with Crippen molar-refractivity contribution >= 4 is 17.3 Å². The zero-order valence-electron chi connectivity index (χ0n) is 10.0. The van der Waals surface area contributed by atoms with Crippen molar-refractivity contribution in [2.75, 3.05) is 5.32 Å². The van der Waals surface area contributed by atoms with E-state index in [1.54, 1.807) is 6.20 Å². The van der Waals surface area contributed by atoms with Crippen LogP contribution in [0, 0.1) is 11.3 Å². The van der Waals surface area contributed by atoms with Crippen molar-refractivity contribution in [3.8, 4) is 6.07 Å². The quantitative estimate of drug-likeness (QED) is 0.920. The van der Waals surface area contributed by atoms with Gasteiger partial charge in [0, 0.05) is 12.7 Å². The highest BCUT2D eigenvalue weighted by molar-refractivity contribution is 6.29. The van der Waals surface area contributed by atoms with Crippen LogP contribution in [0.1, 0.15) is 11.4 Å². The molecule has 0 aliphatic carbocycles. The molecule has 0 amide bonds. The third-order valence-electron chi connectivity index (χ3n) is 2.72. The fraction of sp³-hybridized carbons (Fsp3) is 0.231. The average Bonchev–Trinajstić information content (AvgIpc) is 2.70. The number of nitrogens with one attached hydrogen (secondary N) is 1. The first-order chi connectivity index (χ1) is 8.70. The lowest BCUT2D eigenvalue weighted by atomic mass is 10.1. The largest absolute Gasteiger partial charge is 0.378 e. The maximum absolute atomic E-state index is 8.58. The minimum absolute atomic E-state index is 0.440. The van der Waals surface area contributed by atoms with Crippen molar-refractivity contribution in [1.82, 2.24) is 9.55 Å². The molecular formula is C13H13ClN4. The van der Waals surface area contributed by atoms with E-state index < -0.39 is 0 Å². The first-order valence-corrected chi connectivity index (χ1v) is 5.94. The van der Waals surface area contributed by atoms with Crippen LogP contribution in [0.4, 0.5) is 5.69 Å². The summed E-state index contributed by atoms with van der Waals surface area (Å²) in [5, 5.41) is 12.5. The first kappa shape index (κ1) is 12.5. The van der Waals surface area contributed by atoms with E-state index in [0.29, 0.717) is 18.1 Å². The Bertz CT molecular complexity index is 566. The Kier molecular flexibility index (Phi) is 3.85. The van der Waals surface area contributed by atoms with E-state index in [9.17, 15) is 0 Å². The number of benzene rings is 1. The minimum atomic E-state index is 0.440. The number of nitriles is 1. The highest BCUT2D eigenvalue weighted by atomic mass is 35.5. The van der Waals surface area contributed by atoms with Gasteiger partial charge in [-0.25, -0.2) is 4.98 Å². The second-order valence-electron chi connectivity index (χ2n) is 3.94. The summed E-state index contributed by atoms with van der Waals surface area (Å²) in [5.41, 5.74) is 2.01. The van der Waals surface area contributed by atoms with Crippen LogP contribution < -0.4 is 5.32 Å². The van der Waals surface area contributed by atoms with Crippen LogP contribution in [0.25, 0.3) is 0 Å². The zero-order chi connectivity index (χ0) is 13.0. The number of aromatic nitrogens is 2. The highest BCUT2D eigenvalue weighted by Crippen LogP contribution is 2.13. The molecule has 0 aliphatic rings. The van der Waals surface area contributed by atoms with Gasteiger partial charge in [-0.2, -0.15) is 5.26 Å². The average molecular weight is 261 g/mol. The normalized spacial score (nSPS) is 10.1. The number of imidazole rings is 1. The van der Waals surface area contributed by atoms with E-state index in [1.165, 1.54) is 0 Å². The lowest BCUT2D eigenvalue weighted by molar-refractivity contribution is 0.813. The van der Waals surface area contributed by atoms with Gasteiger partial charge in [-0.3, -0.25) is 0 Å². The van der Waals surface area contributed by atoms with Crippen molar-refractivity contribution < 1.29 is 0 Å². The van der Waals surface area contributed by atoms with Crippen molar-refractivity contribution in [3.05, 3.63) is 47.0 Å². The molecule has 0 unspecified atom stereocenters. The molecule has 0 atom stereocenters. The standard InChI is InChI=1S/C13H13ClN4/c1-18-12(14)8-17-13(18)9-16-11-4-2-10(3-5-11)6-7-15/h2-5,8,16H,6,9H2,1H3. The third-order valence-corrected chi connectivity index (χ3v) is 3.07. The number of hydrogen-bond donors (Lipinski definition) is 1. The van der Waals surface area contributed by atoms with Crippen LogP contribution in [0.2, 0.25) is 5.15 Å². The second-order valence-corrected chi connectivity index (χ2v) is 4.33. The fourth-order valence-electron chi connectivity index (χ4n) is 1.60. The summed E-state index contributed by atoms with van der Waals surface area (Å²) in [7, 11) is 1.88. The van der Waals surface area contributed by atoms with Gasteiger partial charge >= 0.3 is 0 Å². The molecule has 1 N–H and O–H groups in total. The van der Waals surface area contributed by atoms with Crippen molar-refractivity contribution in [1.29, 1.82) is 5.26 Å². The topological polar surface area (TPSA) is 53.6 Å². The molecule has 0 radical (unpaired) electrons. The van der Waals surface area contributed by atoms with Crippen LogP contribution >= 0.6 is 11.6 Å². The molecule has 0 saturated carbocycles. The summed E-state index contributed by atoms with van der Waals surface area (Å²) in [4.78, 5) is 4.20. The molecule has 2 rings (SSSR count). The van der Waals surface area contributed by atoms with Crippen molar-refractivity contribution in [2.45, 2.75) is 13.0 Å². The van der Waals surface area contributed by atoms with Gasteiger partial charge in [0.15, 0.2) is 0 Å². The number of rotatable bonds is 4. The molecule has 0 spiro atoms. The molecule has 1 heterocycles. The van der Waals surface area contributed by atoms with Crippen molar-refractivity contribution in [3.63, 3.8) is 0 Å². The molecule has 1 aromatic heterocycles. The van der Waals surface area contributed by atoms with Gasteiger partial charge in [-0.05, 0) is 17.7 Å². The van der Waals surface area contributed by atoms with Crippen LogP contribution in [0.5, 0.6) is 0 Å². The first-order valence-electron chi connectivity index (χ1n) is 5.56. The maximum Gasteiger partial charge on any atom is 0.128 e. The third kappa shape index (κ3) is 2.82. The monoisotopic (exact) mass is 260 g/mol. The van der Waals surface area contributed by atoms with E-state index in [0.717, 1.165) is 17.1 Å². The maximum atomic E-state index is 8.58. The Morgan fingerprint density at radius 1 is 1.39 bits per heavy atom. The Morgan fingerprint density at radius 2 is 2.11 bits per heavy atom. The lowest BCUT2D eigenvalue weighted by Gasteiger charge is -2.07. The SMILES string of the molecule is Cn1c(Cl)cnc1CNc1ccc(CC#N)cc1. The second kappa shape index (κ2) is 5.56. The van der Waals surface area contributed by atoms with Crippen molar-refractivity contribution in [2.24, 2.45) is 7.05 Å². The molecule has 0 bridgehead atoms. The van der Waals surface area contributed by atoms with Gasteiger partial charge in [-0.1, -0.05) is 23.7 Å². The van der Waals surface area contributed by atoms with Crippen LogP contribution in [0.3, 0.4) is 0 Å². The Labute approximate surface area is 111 Å². The Morgan fingerprint density at radius 3 is 2.67 bits per heavy atom. The summed E-state index contributed by atoms with van der Waals surface area (Å²) in [5.74, 6) is 0.876. The molecule has 4 nitrogen and oxygen atoms in total. The predicted octanol–water partition coefficient (Wildman–Crippen LogP) is 2.75. The molecule has 0 fully saturated rings. The molecule has 0 saturated heterocycles. The lowest BCUT2D eigenvalue weighted by Crippen LogP contribution is -2.06. The van der Waals surface area contributed by atoms with Gasteiger partial charge in [0.1, 0.15) is 11.0 Å².